The zero-order chi connectivity index (χ0) is 17.5. The molecule has 0 bridgehead atoms. The number of H-pyrrole nitrogens is 1. The van der Waals surface area contributed by atoms with Gasteiger partial charge >= 0.3 is 6.03 Å². The molecule has 7 nitrogen and oxygen atoms in total. The minimum absolute atomic E-state index is 0.141. The van der Waals surface area contributed by atoms with Crippen molar-refractivity contribution >= 4 is 6.03 Å². The molecule has 1 atom stereocenters. The fourth-order valence-electron chi connectivity index (χ4n) is 2.85. The van der Waals surface area contributed by atoms with Gasteiger partial charge in [-0.2, -0.15) is 5.10 Å². The molecule has 0 spiro atoms. The molecule has 2 heterocycles. The van der Waals surface area contributed by atoms with E-state index in [2.05, 4.69) is 32.7 Å². The molecule has 0 radical (unpaired) electrons. The largest absolute Gasteiger partial charge is 0.379 e. The lowest BCUT2D eigenvalue weighted by molar-refractivity contribution is 0.0209. The highest BCUT2D eigenvalue weighted by atomic mass is 16.5. The fraction of sp³-hybridized carbons (Fsp3) is 0.444. The highest BCUT2D eigenvalue weighted by Gasteiger charge is 2.17. The van der Waals surface area contributed by atoms with Gasteiger partial charge in [0, 0.05) is 38.4 Å². The number of aromatic nitrogens is 2. The lowest BCUT2D eigenvalue weighted by atomic mass is 10.1. The van der Waals surface area contributed by atoms with Gasteiger partial charge in [0.25, 0.3) is 0 Å². The van der Waals surface area contributed by atoms with E-state index in [1.807, 2.05) is 30.3 Å². The third-order valence-electron chi connectivity index (χ3n) is 4.45. The Hall–Kier alpha value is -2.38. The molecule has 2 amide bonds. The van der Waals surface area contributed by atoms with Crippen LogP contribution in [0.2, 0.25) is 0 Å². The number of benzene rings is 1. The van der Waals surface area contributed by atoms with Crippen molar-refractivity contribution in [1.29, 1.82) is 0 Å². The van der Waals surface area contributed by atoms with Crippen LogP contribution in [0.25, 0.3) is 11.3 Å². The number of rotatable bonds is 6. The Kier molecular flexibility index (Phi) is 6.03. The molecule has 2 aromatic rings. The van der Waals surface area contributed by atoms with Crippen molar-refractivity contribution in [3.63, 3.8) is 0 Å². The molecular weight excluding hydrogens is 318 g/mol. The van der Waals surface area contributed by atoms with Crippen LogP contribution >= 0.6 is 0 Å². The number of nitrogens with one attached hydrogen (secondary N) is 3. The standard InChI is InChI=1S/C18H25N5O2/c1-14(23-8-10-25-11-9-23)12-19-18(24)20-13-15-2-4-16(5-3-15)17-6-7-21-22-17/h2-7,14H,8-13H2,1H3,(H,21,22)(H2,19,20,24)/t14-/m1/s1. The summed E-state index contributed by atoms with van der Waals surface area (Å²) >= 11 is 0. The van der Waals surface area contributed by atoms with Crippen molar-refractivity contribution in [1.82, 2.24) is 25.7 Å². The highest BCUT2D eigenvalue weighted by Crippen LogP contribution is 2.16. The van der Waals surface area contributed by atoms with Crippen molar-refractivity contribution < 1.29 is 9.53 Å². The van der Waals surface area contributed by atoms with E-state index in [-0.39, 0.29) is 6.03 Å². The summed E-state index contributed by atoms with van der Waals surface area (Å²) in [5.41, 5.74) is 3.11. The maximum absolute atomic E-state index is 12.0. The SMILES string of the molecule is C[C@H](CNC(=O)NCc1ccc(-c2ccn[nH]2)cc1)N1CCOCC1. The van der Waals surface area contributed by atoms with Crippen molar-refractivity contribution in [2.45, 2.75) is 19.5 Å². The third-order valence-corrected chi connectivity index (χ3v) is 4.45. The number of urea groups is 1. The van der Waals surface area contributed by atoms with E-state index in [0.29, 0.717) is 19.1 Å². The molecule has 1 aromatic heterocycles. The lowest BCUT2D eigenvalue weighted by Crippen LogP contribution is -2.48. The molecule has 1 aliphatic heterocycles. The van der Waals surface area contributed by atoms with Crippen LogP contribution < -0.4 is 10.6 Å². The first-order valence-electron chi connectivity index (χ1n) is 8.64. The summed E-state index contributed by atoms with van der Waals surface area (Å²) in [5.74, 6) is 0. The summed E-state index contributed by atoms with van der Waals surface area (Å²) in [6, 6.07) is 10.1. The van der Waals surface area contributed by atoms with Gasteiger partial charge in [-0.25, -0.2) is 4.79 Å². The van der Waals surface area contributed by atoms with E-state index in [1.54, 1.807) is 6.20 Å². The Morgan fingerprint density at radius 3 is 2.68 bits per heavy atom. The molecule has 1 fully saturated rings. The first-order chi connectivity index (χ1) is 12.2. The summed E-state index contributed by atoms with van der Waals surface area (Å²) in [7, 11) is 0. The maximum Gasteiger partial charge on any atom is 0.315 e. The number of amides is 2. The summed E-state index contributed by atoms with van der Waals surface area (Å²) in [5, 5.41) is 12.7. The van der Waals surface area contributed by atoms with Gasteiger partial charge in [0.1, 0.15) is 0 Å². The Morgan fingerprint density at radius 2 is 2.00 bits per heavy atom. The van der Waals surface area contributed by atoms with Crippen LogP contribution in [0.1, 0.15) is 12.5 Å². The predicted molar refractivity (Wildman–Crippen MR) is 96.1 cm³/mol. The smallest absolute Gasteiger partial charge is 0.315 e. The number of ether oxygens (including phenoxy) is 1. The van der Waals surface area contributed by atoms with Crippen LogP contribution in [0.15, 0.2) is 36.5 Å². The minimum atomic E-state index is -0.141. The number of carbonyl (C=O) groups is 1. The van der Waals surface area contributed by atoms with E-state index in [4.69, 9.17) is 4.74 Å². The molecule has 1 aromatic carbocycles. The van der Waals surface area contributed by atoms with Crippen molar-refractivity contribution in [2.75, 3.05) is 32.8 Å². The van der Waals surface area contributed by atoms with Crippen LogP contribution in [0.4, 0.5) is 4.79 Å². The van der Waals surface area contributed by atoms with Gasteiger partial charge in [-0.05, 0) is 24.1 Å². The molecular formula is C18H25N5O2. The van der Waals surface area contributed by atoms with Gasteiger partial charge in [0.05, 0.1) is 18.9 Å². The monoisotopic (exact) mass is 343 g/mol. The summed E-state index contributed by atoms with van der Waals surface area (Å²) < 4.78 is 5.35. The molecule has 1 saturated heterocycles. The average molecular weight is 343 g/mol. The molecule has 3 N–H and O–H groups in total. The summed E-state index contributed by atoms with van der Waals surface area (Å²) in [6.45, 7) is 6.64. The van der Waals surface area contributed by atoms with Crippen LogP contribution in [0.3, 0.4) is 0 Å². The number of carbonyl (C=O) groups excluding carboxylic acids is 1. The molecule has 0 aliphatic carbocycles. The van der Waals surface area contributed by atoms with E-state index in [9.17, 15) is 4.79 Å². The average Bonchev–Trinajstić information content (AvgIpc) is 3.20. The van der Waals surface area contributed by atoms with Gasteiger partial charge in [0.2, 0.25) is 0 Å². The highest BCUT2D eigenvalue weighted by molar-refractivity contribution is 5.73. The first kappa shape index (κ1) is 17.4. The molecule has 134 valence electrons. The van der Waals surface area contributed by atoms with Crippen molar-refractivity contribution in [3.8, 4) is 11.3 Å². The summed E-state index contributed by atoms with van der Waals surface area (Å²) in [4.78, 5) is 14.3. The Balaban J connectivity index is 1.39. The first-order valence-corrected chi connectivity index (χ1v) is 8.64. The fourth-order valence-corrected chi connectivity index (χ4v) is 2.85. The van der Waals surface area contributed by atoms with Crippen LogP contribution in [-0.4, -0.2) is 60.0 Å². The Morgan fingerprint density at radius 1 is 1.24 bits per heavy atom. The van der Waals surface area contributed by atoms with Gasteiger partial charge in [-0.3, -0.25) is 10.00 Å². The van der Waals surface area contributed by atoms with E-state index in [1.165, 1.54) is 0 Å². The Labute approximate surface area is 147 Å². The van der Waals surface area contributed by atoms with Crippen LogP contribution in [0, 0.1) is 0 Å². The topological polar surface area (TPSA) is 82.3 Å². The van der Waals surface area contributed by atoms with Crippen molar-refractivity contribution in [3.05, 3.63) is 42.1 Å². The molecule has 0 saturated carbocycles. The van der Waals surface area contributed by atoms with Crippen LogP contribution in [0.5, 0.6) is 0 Å². The van der Waals surface area contributed by atoms with Crippen molar-refractivity contribution in [2.24, 2.45) is 0 Å². The van der Waals surface area contributed by atoms with Gasteiger partial charge < -0.3 is 15.4 Å². The second kappa shape index (κ2) is 8.64. The number of nitrogens with zero attached hydrogens (tertiary/aromatic N) is 2. The third kappa shape index (κ3) is 5.04. The van der Waals surface area contributed by atoms with Gasteiger partial charge in [-0.15, -0.1) is 0 Å². The lowest BCUT2D eigenvalue weighted by Gasteiger charge is -2.32. The normalized spacial score (nSPS) is 16.4. The number of morpholine rings is 1. The van der Waals surface area contributed by atoms with Gasteiger partial charge in [0.15, 0.2) is 0 Å². The zero-order valence-electron chi connectivity index (χ0n) is 14.5. The Bertz CT molecular complexity index is 651. The second-order valence-electron chi connectivity index (χ2n) is 6.23. The van der Waals surface area contributed by atoms with E-state index in [0.717, 1.165) is 43.1 Å². The number of aromatic amines is 1. The minimum Gasteiger partial charge on any atom is -0.379 e. The van der Waals surface area contributed by atoms with E-state index < -0.39 is 0 Å². The number of hydrogen-bond acceptors (Lipinski definition) is 4. The maximum atomic E-state index is 12.0. The summed E-state index contributed by atoms with van der Waals surface area (Å²) in [6.07, 6.45) is 1.73. The molecule has 0 unspecified atom stereocenters. The predicted octanol–water partition coefficient (Wildman–Crippen LogP) is 1.60. The second-order valence-corrected chi connectivity index (χ2v) is 6.23. The molecule has 3 rings (SSSR count). The molecule has 1 aliphatic rings. The van der Waals surface area contributed by atoms with Gasteiger partial charge in [-0.1, -0.05) is 24.3 Å². The quantitative estimate of drug-likeness (QED) is 0.744. The van der Waals surface area contributed by atoms with E-state index >= 15 is 0 Å². The molecule has 25 heavy (non-hydrogen) atoms. The number of hydrogen-bond donors (Lipinski definition) is 3. The molecule has 7 heteroatoms. The van der Waals surface area contributed by atoms with Crippen LogP contribution in [-0.2, 0) is 11.3 Å². The zero-order valence-corrected chi connectivity index (χ0v) is 14.5.